The van der Waals surface area contributed by atoms with E-state index >= 15 is 0 Å². The van der Waals surface area contributed by atoms with Crippen LogP contribution in [0.5, 0.6) is 0 Å². The molecule has 2 aromatic heterocycles. The third-order valence-corrected chi connectivity index (χ3v) is 9.23. The minimum absolute atomic E-state index is 0.0160. The molecule has 1 atom stereocenters. The second-order valence-corrected chi connectivity index (χ2v) is 13.3. The predicted octanol–water partition coefficient (Wildman–Crippen LogP) is 5.28. The smallest absolute Gasteiger partial charge is 0.341 e. The second-order valence-electron chi connectivity index (χ2n) is 10.9. The van der Waals surface area contributed by atoms with Gasteiger partial charge >= 0.3 is 5.97 Å². The molecule has 2 N–H and O–H groups in total. The molecule has 1 aliphatic carbocycles. The fourth-order valence-electron chi connectivity index (χ4n) is 4.48. The highest BCUT2D eigenvalue weighted by Gasteiger charge is 2.29. The normalized spacial score (nSPS) is 13.8. The van der Waals surface area contributed by atoms with Gasteiger partial charge in [0, 0.05) is 17.5 Å². The van der Waals surface area contributed by atoms with Gasteiger partial charge in [-0.05, 0) is 68.2 Å². The van der Waals surface area contributed by atoms with Gasteiger partial charge in [-0.15, -0.1) is 21.5 Å². The number of thiophene rings is 1. The number of aryl methyl sites for hydroxylation is 1. The van der Waals surface area contributed by atoms with Gasteiger partial charge in [0.15, 0.2) is 11.0 Å². The van der Waals surface area contributed by atoms with Crippen molar-refractivity contribution in [3.63, 3.8) is 0 Å². The second kappa shape index (κ2) is 12.6. The molecule has 9 nitrogen and oxygen atoms in total. The lowest BCUT2D eigenvalue weighted by atomic mass is 9.87. The summed E-state index contributed by atoms with van der Waals surface area (Å²) in [6.45, 7) is 10.4. The maximum absolute atomic E-state index is 13.1. The van der Waals surface area contributed by atoms with Crippen molar-refractivity contribution in [1.29, 1.82) is 0 Å². The topological polar surface area (TPSA) is 115 Å². The Labute approximate surface area is 243 Å². The van der Waals surface area contributed by atoms with Crippen molar-refractivity contribution >= 4 is 45.9 Å². The Morgan fingerprint density at radius 1 is 1.12 bits per heavy atom. The molecule has 1 aliphatic rings. The zero-order valence-electron chi connectivity index (χ0n) is 23.9. The van der Waals surface area contributed by atoms with E-state index in [2.05, 4.69) is 41.6 Å². The number of ether oxygens (including phenoxy) is 1. The first-order valence-corrected chi connectivity index (χ1v) is 15.2. The molecule has 1 aromatic carbocycles. The molecule has 0 saturated heterocycles. The minimum Gasteiger partial charge on any atom is -0.462 e. The highest BCUT2D eigenvalue weighted by atomic mass is 32.2. The van der Waals surface area contributed by atoms with Crippen LogP contribution >= 0.6 is 23.1 Å². The number of esters is 1. The number of amides is 2. The van der Waals surface area contributed by atoms with Crippen molar-refractivity contribution in [3.05, 3.63) is 57.2 Å². The van der Waals surface area contributed by atoms with Crippen molar-refractivity contribution in [3.8, 4) is 0 Å². The molecule has 0 bridgehead atoms. The quantitative estimate of drug-likeness (QED) is 0.260. The molecule has 0 aliphatic heterocycles. The molecule has 214 valence electrons. The van der Waals surface area contributed by atoms with Crippen LogP contribution in [-0.4, -0.2) is 44.4 Å². The molecule has 40 heavy (non-hydrogen) atoms. The highest BCUT2D eigenvalue weighted by molar-refractivity contribution is 8.00. The average molecular weight is 584 g/mol. The average Bonchev–Trinajstić information content (AvgIpc) is 3.46. The van der Waals surface area contributed by atoms with E-state index in [1.807, 2.05) is 24.3 Å². The molecule has 3 aromatic rings. The number of hydrogen-bond acceptors (Lipinski definition) is 8. The van der Waals surface area contributed by atoms with Gasteiger partial charge < -0.3 is 19.9 Å². The minimum atomic E-state index is -0.499. The first-order chi connectivity index (χ1) is 19.0. The van der Waals surface area contributed by atoms with Gasteiger partial charge in [0.2, 0.25) is 5.91 Å². The van der Waals surface area contributed by atoms with E-state index < -0.39 is 5.25 Å². The fraction of sp³-hybridized carbons (Fsp3) is 0.483. The van der Waals surface area contributed by atoms with Crippen molar-refractivity contribution in [1.82, 2.24) is 20.1 Å². The van der Waals surface area contributed by atoms with Crippen LogP contribution < -0.4 is 10.6 Å². The largest absolute Gasteiger partial charge is 0.462 e. The fourth-order valence-corrected chi connectivity index (χ4v) is 6.60. The number of nitrogens with zero attached hydrogens (tertiary/aromatic N) is 3. The molecule has 0 unspecified atom stereocenters. The number of anilines is 1. The summed E-state index contributed by atoms with van der Waals surface area (Å²) >= 11 is 2.73. The molecule has 11 heteroatoms. The molecular weight excluding hydrogens is 546 g/mol. The van der Waals surface area contributed by atoms with Gasteiger partial charge in [-0.25, -0.2) is 4.79 Å². The molecule has 0 radical (unpaired) electrons. The molecule has 2 heterocycles. The van der Waals surface area contributed by atoms with Crippen molar-refractivity contribution in [2.75, 3.05) is 11.9 Å². The number of rotatable bonds is 9. The van der Waals surface area contributed by atoms with Gasteiger partial charge in [-0.3, -0.25) is 9.59 Å². The molecule has 0 fully saturated rings. The SMILES string of the molecule is CCOC(=O)c1c(NC(=O)[C@@H](C)Sc2nnc(CNC(=O)c3ccc(C(C)(C)C)cc3)n2C)sc2c1CCCC2. The van der Waals surface area contributed by atoms with E-state index in [-0.39, 0.29) is 36.4 Å². The number of carbonyl (C=O) groups is 3. The van der Waals surface area contributed by atoms with Crippen LogP contribution in [0.2, 0.25) is 0 Å². The summed E-state index contributed by atoms with van der Waals surface area (Å²) in [5, 5.41) is 14.9. The summed E-state index contributed by atoms with van der Waals surface area (Å²) in [6, 6.07) is 7.59. The number of aromatic nitrogens is 3. The maximum atomic E-state index is 13.1. The number of carbonyl (C=O) groups excluding carboxylic acids is 3. The summed E-state index contributed by atoms with van der Waals surface area (Å²) < 4.78 is 7.06. The highest BCUT2D eigenvalue weighted by Crippen LogP contribution is 2.39. The van der Waals surface area contributed by atoms with Gasteiger partial charge in [-0.2, -0.15) is 0 Å². The van der Waals surface area contributed by atoms with Crippen LogP contribution in [0.1, 0.15) is 90.0 Å². The lowest BCUT2D eigenvalue weighted by Crippen LogP contribution is -2.25. The first kappa shape index (κ1) is 29.8. The Bertz CT molecular complexity index is 1390. The Morgan fingerprint density at radius 2 is 1.82 bits per heavy atom. The number of thioether (sulfide) groups is 1. The van der Waals surface area contributed by atoms with Crippen LogP contribution in [0, 0.1) is 0 Å². The van der Waals surface area contributed by atoms with E-state index in [1.54, 1.807) is 25.5 Å². The zero-order valence-corrected chi connectivity index (χ0v) is 25.6. The molecule has 2 amide bonds. The molecule has 4 rings (SSSR count). The summed E-state index contributed by atoms with van der Waals surface area (Å²) in [7, 11) is 1.80. The number of fused-ring (bicyclic) bond motifs is 1. The van der Waals surface area contributed by atoms with Crippen molar-refractivity contribution in [2.24, 2.45) is 7.05 Å². The number of hydrogen-bond donors (Lipinski definition) is 2. The predicted molar refractivity (Wildman–Crippen MR) is 158 cm³/mol. The van der Waals surface area contributed by atoms with E-state index in [9.17, 15) is 14.4 Å². The lowest BCUT2D eigenvalue weighted by Gasteiger charge is -2.19. The Hall–Kier alpha value is -3.18. The standard InChI is InChI=1S/C29H37N5O4S2/c1-7-38-27(37)23-20-10-8-9-11-21(20)40-26(23)31-24(35)17(2)39-28-33-32-22(34(28)6)16-30-25(36)18-12-14-19(15-13-18)29(3,4)5/h12-15,17H,7-11,16H2,1-6H3,(H,30,36)(H,31,35)/t17-/m1/s1. The number of nitrogens with one attached hydrogen (secondary N) is 2. The summed E-state index contributed by atoms with van der Waals surface area (Å²) in [6.07, 6.45) is 3.83. The zero-order chi connectivity index (χ0) is 29.0. The van der Waals surface area contributed by atoms with Gasteiger partial charge in [0.25, 0.3) is 5.91 Å². The summed E-state index contributed by atoms with van der Waals surface area (Å²) in [5.41, 5.74) is 3.26. The molecule has 0 saturated carbocycles. The first-order valence-electron chi connectivity index (χ1n) is 13.6. The monoisotopic (exact) mass is 583 g/mol. The third-order valence-electron chi connectivity index (χ3n) is 6.88. The Balaban J connectivity index is 1.38. The van der Waals surface area contributed by atoms with Crippen LogP contribution in [0.25, 0.3) is 0 Å². The summed E-state index contributed by atoms with van der Waals surface area (Å²) in [5.74, 6) is -0.236. The van der Waals surface area contributed by atoms with Crippen molar-refractivity contribution < 1.29 is 19.1 Å². The van der Waals surface area contributed by atoms with Gasteiger partial charge in [0.05, 0.1) is 24.0 Å². The lowest BCUT2D eigenvalue weighted by molar-refractivity contribution is -0.115. The summed E-state index contributed by atoms with van der Waals surface area (Å²) in [4.78, 5) is 39.7. The molecular formula is C29H37N5O4S2. The van der Waals surface area contributed by atoms with Crippen molar-refractivity contribution in [2.45, 2.75) is 82.7 Å². The Morgan fingerprint density at radius 3 is 2.50 bits per heavy atom. The van der Waals surface area contributed by atoms with Crippen LogP contribution in [-0.2, 0) is 41.4 Å². The third kappa shape index (κ3) is 6.75. The van der Waals surface area contributed by atoms with Crippen LogP contribution in [0.4, 0.5) is 5.00 Å². The number of benzene rings is 1. The van der Waals surface area contributed by atoms with Gasteiger partial charge in [0.1, 0.15) is 5.00 Å². The van der Waals surface area contributed by atoms with E-state index in [1.165, 1.54) is 23.1 Å². The van der Waals surface area contributed by atoms with Gasteiger partial charge in [-0.1, -0.05) is 44.7 Å². The maximum Gasteiger partial charge on any atom is 0.341 e. The van der Waals surface area contributed by atoms with Crippen LogP contribution in [0.15, 0.2) is 29.4 Å². The molecule has 0 spiro atoms. The van der Waals surface area contributed by atoms with E-state index in [4.69, 9.17) is 4.74 Å². The van der Waals surface area contributed by atoms with E-state index in [0.29, 0.717) is 27.1 Å². The Kier molecular flexibility index (Phi) is 9.35. The van der Waals surface area contributed by atoms with E-state index in [0.717, 1.165) is 41.7 Å². The van der Waals surface area contributed by atoms with Crippen LogP contribution in [0.3, 0.4) is 0 Å².